The number of ether oxygens (including phenoxy) is 2. The quantitative estimate of drug-likeness (QED) is 0.606. The first-order chi connectivity index (χ1) is 9.20. The predicted molar refractivity (Wildman–Crippen MR) is 79.3 cm³/mol. The van der Waals surface area contributed by atoms with Crippen LogP contribution >= 0.6 is 0 Å². The molecular formula is C16H30O4. The zero-order chi connectivity index (χ0) is 15.7. The first-order valence-electron chi connectivity index (χ1n) is 7.59. The van der Waals surface area contributed by atoms with Crippen LogP contribution in [0.5, 0.6) is 0 Å². The third kappa shape index (κ3) is 10.8. The molecule has 0 radical (unpaired) electrons. The molecule has 0 aromatic carbocycles. The molecule has 4 nitrogen and oxygen atoms in total. The summed E-state index contributed by atoms with van der Waals surface area (Å²) in [5, 5.41) is 0. The van der Waals surface area contributed by atoms with Crippen LogP contribution in [0.3, 0.4) is 0 Å². The molecule has 0 aliphatic rings. The van der Waals surface area contributed by atoms with Crippen molar-refractivity contribution in [3.8, 4) is 0 Å². The van der Waals surface area contributed by atoms with Gasteiger partial charge in [0.2, 0.25) is 0 Å². The summed E-state index contributed by atoms with van der Waals surface area (Å²) in [6.07, 6.45) is 1.66. The molecule has 0 spiro atoms. The Labute approximate surface area is 123 Å². The molecule has 0 N–H and O–H groups in total. The maximum absolute atomic E-state index is 11.6. The first-order valence-corrected chi connectivity index (χ1v) is 7.59. The van der Waals surface area contributed by atoms with Gasteiger partial charge in [0, 0.05) is 0 Å². The van der Waals surface area contributed by atoms with Crippen LogP contribution in [0.2, 0.25) is 0 Å². The summed E-state index contributed by atoms with van der Waals surface area (Å²) in [6.45, 7) is 12.1. The monoisotopic (exact) mass is 286 g/mol. The van der Waals surface area contributed by atoms with E-state index in [9.17, 15) is 9.59 Å². The number of hydrogen-bond acceptors (Lipinski definition) is 4. The third-order valence-electron chi connectivity index (χ3n) is 2.81. The summed E-state index contributed by atoms with van der Waals surface area (Å²) < 4.78 is 10.5. The molecule has 20 heavy (non-hydrogen) atoms. The number of esters is 2. The van der Waals surface area contributed by atoms with E-state index in [4.69, 9.17) is 9.47 Å². The van der Waals surface area contributed by atoms with Crippen molar-refractivity contribution >= 4 is 11.9 Å². The van der Waals surface area contributed by atoms with Crippen LogP contribution in [-0.2, 0) is 19.1 Å². The van der Waals surface area contributed by atoms with Crippen LogP contribution in [0, 0.1) is 11.8 Å². The van der Waals surface area contributed by atoms with Crippen molar-refractivity contribution in [2.24, 2.45) is 11.8 Å². The van der Waals surface area contributed by atoms with Crippen LogP contribution in [0.1, 0.15) is 67.2 Å². The van der Waals surface area contributed by atoms with Crippen LogP contribution in [0.15, 0.2) is 0 Å². The van der Waals surface area contributed by atoms with Crippen LogP contribution in [-0.4, -0.2) is 24.1 Å². The number of carbonyl (C=O) groups excluding carboxylic acids is 2. The molecule has 0 aliphatic heterocycles. The largest absolute Gasteiger partial charge is 0.463 e. The topological polar surface area (TPSA) is 52.6 Å². The van der Waals surface area contributed by atoms with E-state index in [1.807, 2.05) is 13.8 Å². The molecule has 0 bridgehead atoms. The molecule has 0 saturated carbocycles. The SMILES string of the molecule is CC(C)CC(C)OC(=O)CCC(=O)OC(C)CC(C)C. The Balaban J connectivity index is 3.86. The van der Waals surface area contributed by atoms with E-state index in [-0.39, 0.29) is 37.0 Å². The van der Waals surface area contributed by atoms with Gasteiger partial charge in [-0.2, -0.15) is 0 Å². The second-order valence-corrected chi connectivity index (χ2v) is 6.36. The van der Waals surface area contributed by atoms with Crippen molar-refractivity contribution in [2.45, 2.75) is 79.4 Å². The standard InChI is InChI=1S/C16H30O4/c1-11(2)9-13(5)19-15(17)7-8-16(18)20-14(6)10-12(3)4/h11-14H,7-10H2,1-6H3. The molecule has 0 fully saturated rings. The van der Waals surface area contributed by atoms with Crippen molar-refractivity contribution in [3.05, 3.63) is 0 Å². The Morgan fingerprint density at radius 1 is 0.700 bits per heavy atom. The Morgan fingerprint density at radius 2 is 1.00 bits per heavy atom. The predicted octanol–water partition coefficient (Wildman–Crippen LogP) is 3.72. The van der Waals surface area contributed by atoms with Crippen LogP contribution in [0.25, 0.3) is 0 Å². The Kier molecular flexibility index (Phi) is 9.26. The van der Waals surface area contributed by atoms with E-state index in [0.29, 0.717) is 11.8 Å². The molecule has 0 aromatic rings. The molecule has 0 heterocycles. The number of hydrogen-bond donors (Lipinski definition) is 0. The summed E-state index contributed by atoms with van der Waals surface area (Å²) in [5.41, 5.74) is 0. The molecular weight excluding hydrogens is 256 g/mol. The minimum atomic E-state index is -0.327. The molecule has 2 unspecified atom stereocenters. The average molecular weight is 286 g/mol. The smallest absolute Gasteiger partial charge is 0.306 e. The van der Waals surface area contributed by atoms with E-state index in [1.54, 1.807) is 0 Å². The minimum absolute atomic E-state index is 0.0929. The summed E-state index contributed by atoms with van der Waals surface area (Å²) in [5.74, 6) is 0.317. The van der Waals surface area contributed by atoms with E-state index in [2.05, 4.69) is 27.7 Å². The first kappa shape index (κ1) is 18.9. The molecule has 0 aliphatic carbocycles. The number of rotatable bonds is 9. The fourth-order valence-corrected chi connectivity index (χ4v) is 2.19. The maximum Gasteiger partial charge on any atom is 0.306 e. The van der Waals surface area contributed by atoms with Gasteiger partial charge in [-0.05, 0) is 38.5 Å². The second-order valence-electron chi connectivity index (χ2n) is 6.36. The fraction of sp³-hybridized carbons (Fsp3) is 0.875. The van der Waals surface area contributed by atoms with Gasteiger partial charge in [0.25, 0.3) is 0 Å². The van der Waals surface area contributed by atoms with Gasteiger partial charge in [0.05, 0.1) is 25.0 Å². The van der Waals surface area contributed by atoms with Crippen molar-refractivity contribution in [2.75, 3.05) is 0 Å². The fourth-order valence-electron chi connectivity index (χ4n) is 2.19. The lowest BCUT2D eigenvalue weighted by atomic mass is 10.1. The van der Waals surface area contributed by atoms with Gasteiger partial charge in [-0.3, -0.25) is 9.59 Å². The Bertz CT molecular complexity index is 267. The van der Waals surface area contributed by atoms with Gasteiger partial charge in [-0.25, -0.2) is 0 Å². The molecule has 4 heteroatoms. The zero-order valence-electron chi connectivity index (χ0n) is 13.8. The van der Waals surface area contributed by atoms with Gasteiger partial charge in [-0.1, -0.05) is 27.7 Å². The summed E-state index contributed by atoms with van der Waals surface area (Å²) in [7, 11) is 0. The molecule has 0 aromatic heterocycles. The van der Waals surface area contributed by atoms with Gasteiger partial charge in [0.15, 0.2) is 0 Å². The van der Waals surface area contributed by atoms with Crippen molar-refractivity contribution in [3.63, 3.8) is 0 Å². The Morgan fingerprint density at radius 3 is 1.25 bits per heavy atom. The van der Waals surface area contributed by atoms with Gasteiger partial charge in [-0.15, -0.1) is 0 Å². The van der Waals surface area contributed by atoms with E-state index < -0.39 is 0 Å². The van der Waals surface area contributed by atoms with E-state index in [1.165, 1.54) is 0 Å². The summed E-state index contributed by atoms with van der Waals surface area (Å²) in [4.78, 5) is 23.1. The highest BCUT2D eigenvalue weighted by atomic mass is 16.5. The molecule has 118 valence electrons. The lowest BCUT2D eigenvalue weighted by Gasteiger charge is -2.16. The van der Waals surface area contributed by atoms with Crippen LogP contribution in [0.4, 0.5) is 0 Å². The molecule has 2 atom stereocenters. The van der Waals surface area contributed by atoms with Crippen molar-refractivity contribution < 1.29 is 19.1 Å². The zero-order valence-corrected chi connectivity index (χ0v) is 13.8. The lowest BCUT2D eigenvalue weighted by Crippen LogP contribution is -2.20. The van der Waals surface area contributed by atoms with E-state index in [0.717, 1.165) is 12.8 Å². The van der Waals surface area contributed by atoms with E-state index >= 15 is 0 Å². The highest BCUT2D eigenvalue weighted by Gasteiger charge is 2.15. The van der Waals surface area contributed by atoms with Crippen molar-refractivity contribution in [1.29, 1.82) is 0 Å². The normalized spacial score (nSPS) is 14.2. The third-order valence-corrected chi connectivity index (χ3v) is 2.81. The molecule has 0 amide bonds. The highest BCUT2D eigenvalue weighted by Crippen LogP contribution is 2.11. The van der Waals surface area contributed by atoms with Crippen molar-refractivity contribution in [1.82, 2.24) is 0 Å². The molecule has 0 saturated heterocycles. The summed E-state index contributed by atoms with van der Waals surface area (Å²) >= 11 is 0. The highest BCUT2D eigenvalue weighted by molar-refractivity contribution is 5.77. The average Bonchev–Trinajstić information content (AvgIpc) is 2.23. The summed E-state index contributed by atoms with van der Waals surface area (Å²) in [6, 6.07) is 0. The second kappa shape index (κ2) is 9.78. The maximum atomic E-state index is 11.6. The van der Waals surface area contributed by atoms with Gasteiger partial charge in [0.1, 0.15) is 0 Å². The number of carbonyl (C=O) groups is 2. The van der Waals surface area contributed by atoms with Gasteiger partial charge < -0.3 is 9.47 Å². The van der Waals surface area contributed by atoms with Crippen LogP contribution < -0.4 is 0 Å². The van der Waals surface area contributed by atoms with Gasteiger partial charge >= 0.3 is 11.9 Å². The minimum Gasteiger partial charge on any atom is -0.463 e. The lowest BCUT2D eigenvalue weighted by molar-refractivity contribution is -0.155. The Hall–Kier alpha value is -1.06. The molecule has 0 rings (SSSR count).